The van der Waals surface area contributed by atoms with Gasteiger partial charge in [0.15, 0.2) is 0 Å². The number of rotatable bonds is 4. The number of aromatic nitrogens is 3. The van der Waals surface area contributed by atoms with Crippen LogP contribution in [0.3, 0.4) is 0 Å². The van der Waals surface area contributed by atoms with Crippen molar-refractivity contribution in [2.24, 2.45) is 0 Å². The topological polar surface area (TPSA) is 86.0 Å². The molecule has 0 aliphatic rings. The molecule has 1 heterocycles. The van der Waals surface area contributed by atoms with Gasteiger partial charge in [-0.2, -0.15) is 15.0 Å². The van der Waals surface area contributed by atoms with E-state index in [1.165, 1.54) is 0 Å². The van der Waals surface area contributed by atoms with Gasteiger partial charge in [-0.3, -0.25) is 0 Å². The van der Waals surface area contributed by atoms with Crippen LogP contribution in [-0.2, 0) is 0 Å². The fourth-order valence-electron chi connectivity index (χ4n) is 1.32. The van der Waals surface area contributed by atoms with Gasteiger partial charge >= 0.3 is 6.01 Å². The van der Waals surface area contributed by atoms with E-state index in [-0.39, 0.29) is 12.0 Å². The third-order valence-electron chi connectivity index (χ3n) is 1.99. The van der Waals surface area contributed by atoms with Gasteiger partial charge in [-0.1, -0.05) is 22.0 Å². The summed E-state index contributed by atoms with van der Waals surface area (Å²) >= 11 is 3.39. The Morgan fingerprint density at radius 1 is 1.33 bits per heavy atom. The number of anilines is 3. The summed E-state index contributed by atoms with van der Waals surface area (Å²) in [5.74, 6) is 0.468. The fraction of sp³-hybridized carbons (Fsp3) is 0.182. The van der Waals surface area contributed by atoms with Gasteiger partial charge in [-0.15, -0.1) is 0 Å². The number of nitrogens with zero attached hydrogens (tertiary/aromatic N) is 3. The van der Waals surface area contributed by atoms with Crippen molar-refractivity contribution < 1.29 is 4.74 Å². The first-order valence-electron chi connectivity index (χ1n) is 5.34. The smallest absolute Gasteiger partial charge is 0.323 e. The van der Waals surface area contributed by atoms with Crippen LogP contribution in [0.15, 0.2) is 28.7 Å². The fourth-order valence-corrected chi connectivity index (χ4v) is 1.72. The highest BCUT2D eigenvalue weighted by Gasteiger charge is 2.05. The van der Waals surface area contributed by atoms with Crippen molar-refractivity contribution in [1.29, 1.82) is 0 Å². The molecule has 1 aromatic carbocycles. The Kier molecular flexibility index (Phi) is 3.93. The molecule has 0 saturated heterocycles. The molecule has 0 radical (unpaired) electrons. The summed E-state index contributed by atoms with van der Waals surface area (Å²) in [6, 6.07) is 7.84. The van der Waals surface area contributed by atoms with Crippen LogP contribution in [0.1, 0.15) is 6.92 Å². The second-order valence-electron chi connectivity index (χ2n) is 3.37. The molecule has 1 aromatic heterocycles. The quantitative estimate of drug-likeness (QED) is 0.901. The minimum Gasteiger partial charge on any atom is -0.464 e. The van der Waals surface area contributed by atoms with Crippen LogP contribution in [0.2, 0.25) is 0 Å². The van der Waals surface area contributed by atoms with Gasteiger partial charge in [-0.25, -0.2) is 0 Å². The molecule has 7 heteroatoms. The number of benzene rings is 1. The molecule has 18 heavy (non-hydrogen) atoms. The standard InChI is InChI=1S/C11H12BrN5O/c1-2-18-11-16-9(13)15-10(17-11)14-8-5-3-4-7(12)6-8/h3-6H,2H2,1H3,(H3,13,14,15,16,17). The lowest BCUT2D eigenvalue weighted by Crippen LogP contribution is -2.06. The molecule has 0 aliphatic heterocycles. The molecule has 0 unspecified atom stereocenters. The molecule has 0 amide bonds. The molecular weight excluding hydrogens is 298 g/mol. The summed E-state index contributed by atoms with van der Waals surface area (Å²) < 4.78 is 6.16. The van der Waals surface area contributed by atoms with Gasteiger partial charge in [0.1, 0.15) is 0 Å². The average molecular weight is 310 g/mol. The molecule has 94 valence electrons. The van der Waals surface area contributed by atoms with Crippen LogP contribution in [0.5, 0.6) is 6.01 Å². The summed E-state index contributed by atoms with van der Waals surface area (Å²) in [5.41, 5.74) is 6.43. The lowest BCUT2D eigenvalue weighted by Gasteiger charge is -2.07. The number of ether oxygens (including phenoxy) is 1. The third kappa shape index (κ3) is 3.30. The monoisotopic (exact) mass is 309 g/mol. The third-order valence-corrected chi connectivity index (χ3v) is 2.48. The Hall–Kier alpha value is -1.89. The summed E-state index contributed by atoms with van der Waals surface area (Å²) in [5, 5.41) is 3.03. The van der Waals surface area contributed by atoms with E-state index in [0.717, 1.165) is 10.2 Å². The lowest BCUT2D eigenvalue weighted by molar-refractivity contribution is 0.312. The SMILES string of the molecule is CCOc1nc(N)nc(Nc2cccc(Br)c2)n1. The number of hydrogen-bond donors (Lipinski definition) is 2. The number of nitrogens with one attached hydrogen (secondary N) is 1. The van der Waals surface area contributed by atoms with E-state index in [9.17, 15) is 0 Å². The Morgan fingerprint density at radius 3 is 2.89 bits per heavy atom. The zero-order valence-electron chi connectivity index (χ0n) is 9.72. The van der Waals surface area contributed by atoms with Crippen LogP contribution < -0.4 is 15.8 Å². The molecule has 0 fully saturated rings. The zero-order chi connectivity index (χ0) is 13.0. The predicted octanol–water partition coefficient (Wildman–Crippen LogP) is 2.36. The van der Waals surface area contributed by atoms with E-state index >= 15 is 0 Å². The molecule has 2 aromatic rings. The normalized spacial score (nSPS) is 10.1. The first kappa shape index (κ1) is 12.6. The molecule has 0 saturated carbocycles. The van der Waals surface area contributed by atoms with Crippen LogP contribution in [0.25, 0.3) is 0 Å². The van der Waals surface area contributed by atoms with Gasteiger partial charge in [0.2, 0.25) is 11.9 Å². The molecule has 3 N–H and O–H groups in total. The van der Waals surface area contributed by atoms with Crippen molar-refractivity contribution >= 4 is 33.5 Å². The Morgan fingerprint density at radius 2 is 2.17 bits per heavy atom. The van der Waals surface area contributed by atoms with Crippen LogP contribution in [0, 0.1) is 0 Å². The molecule has 0 atom stereocenters. The maximum atomic E-state index is 5.58. The van der Waals surface area contributed by atoms with E-state index in [0.29, 0.717) is 12.6 Å². The predicted molar refractivity (Wildman–Crippen MR) is 72.8 cm³/mol. The van der Waals surface area contributed by atoms with E-state index in [4.69, 9.17) is 10.5 Å². The Labute approximate surface area is 113 Å². The minimum atomic E-state index is 0.117. The van der Waals surface area contributed by atoms with Crippen molar-refractivity contribution in [1.82, 2.24) is 15.0 Å². The molecule has 6 nitrogen and oxygen atoms in total. The van der Waals surface area contributed by atoms with Crippen molar-refractivity contribution in [3.63, 3.8) is 0 Å². The van der Waals surface area contributed by atoms with E-state index in [1.807, 2.05) is 31.2 Å². The summed E-state index contributed by atoms with van der Waals surface area (Å²) in [6.07, 6.45) is 0. The molecule has 0 bridgehead atoms. The van der Waals surface area contributed by atoms with Gasteiger partial charge in [0, 0.05) is 10.2 Å². The molecule has 2 rings (SSSR count). The van der Waals surface area contributed by atoms with Gasteiger partial charge in [0.25, 0.3) is 0 Å². The number of halogens is 1. The first-order valence-corrected chi connectivity index (χ1v) is 6.13. The second-order valence-corrected chi connectivity index (χ2v) is 4.28. The maximum Gasteiger partial charge on any atom is 0.323 e. The highest BCUT2D eigenvalue weighted by molar-refractivity contribution is 9.10. The van der Waals surface area contributed by atoms with Crippen molar-refractivity contribution in [3.8, 4) is 6.01 Å². The van der Waals surface area contributed by atoms with Crippen LogP contribution >= 0.6 is 15.9 Å². The summed E-state index contributed by atoms with van der Waals surface area (Å²) in [4.78, 5) is 12.0. The van der Waals surface area contributed by atoms with E-state index < -0.39 is 0 Å². The van der Waals surface area contributed by atoms with Crippen molar-refractivity contribution in [3.05, 3.63) is 28.7 Å². The van der Waals surface area contributed by atoms with Crippen molar-refractivity contribution in [2.75, 3.05) is 17.7 Å². The maximum absolute atomic E-state index is 5.58. The largest absolute Gasteiger partial charge is 0.464 e. The molecule has 0 spiro atoms. The van der Waals surface area contributed by atoms with E-state index in [1.54, 1.807) is 0 Å². The summed E-state index contributed by atoms with van der Waals surface area (Å²) in [6.45, 7) is 2.32. The average Bonchev–Trinajstić information content (AvgIpc) is 2.28. The highest BCUT2D eigenvalue weighted by Crippen LogP contribution is 2.19. The number of hydrogen-bond acceptors (Lipinski definition) is 6. The number of nitrogen functional groups attached to an aromatic ring is 1. The van der Waals surface area contributed by atoms with Gasteiger partial charge in [-0.05, 0) is 25.1 Å². The summed E-state index contributed by atoms with van der Waals surface area (Å²) in [7, 11) is 0. The molecule has 0 aliphatic carbocycles. The van der Waals surface area contributed by atoms with Crippen LogP contribution in [0.4, 0.5) is 17.6 Å². The highest BCUT2D eigenvalue weighted by atomic mass is 79.9. The van der Waals surface area contributed by atoms with Crippen molar-refractivity contribution in [2.45, 2.75) is 6.92 Å². The van der Waals surface area contributed by atoms with Gasteiger partial charge < -0.3 is 15.8 Å². The van der Waals surface area contributed by atoms with E-state index in [2.05, 4.69) is 36.2 Å². The number of nitrogens with two attached hydrogens (primary N) is 1. The lowest BCUT2D eigenvalue weighted by atomic mass is 10.3. The zero-order valence-corrected chi connectivity index (χ0v) is 11.3. The first-order chi connectivity index (χ1) is 8.67. The Balaban J connectivity index is 2.23. The van der Waals surface area contributed by atoms with Gasteiger partial charge in [0.05, 0.1) is 6.61 Å². The minimum absolute atomic E-state index is 0.117. The Bertz CT molecular complexity index is 549. The second kappa shape index (κ2) is 5.63. The molecular formula is C11H12BrN5O. The van der Waals surface area contributed by atoms with Crippen LogP contribution in [-0.4, -0.2) is 21.6 Å².